The van der Waals surface area contributed by atoms with Crippen molar-refractivity contribution in [2.45, 2.75) is 17.9 Å². The molecule has 0 aromatic heterocycles. The summed E-state index contributed by atoms with van der Waals surface area (Å²) < 4.78 is 23.1. The number of benzene rings is 2. The van der Waals surface area contributed by atoms with Crippen molar-refractivity contribution in [1.82, 2.24) is 0 Å². The van der Waals surface area contributed by atoms with Crippen LogP contribution in [0.3, 0.4) is 0 Å². The molecule has 0 amide bonds. The summed E-state index contributed by atoms with van der Waals surface area (Å²) in [5, 5.41) is 0. The highest BCUT2D eigenvalue weighted by Crippen LogP contribution is 2.24. The molecule has 0 spiro atoms. The van der Waals surface area contributed by atoms with E-state index in [0.29, 0.717) is 4.90 Å². The van der Waals surface area contributed by atoms with E-state index in [-0.39, 0.29) is 6.04 Å². The van der Waals surface area contributed by atoms with Crippen LogP contribution in [0.5, 0.6) is 0 Å². The zero-order chi connectivity index (χ0) is 14.0. The molecular formula is C15H17NO2S. The van der Waals surface area contributed by atoms with E-state index >= 15 is 0 Å². The normalized spacial score (nSPS) is 13.2. The fourth-order valence-electron chi connectivity index (χ4n) is 1.91. The first kappa shape index (κ1) is 13.8. The molecule has 100 valence electrons. The van der Waals surface area contributed by atoms with Crippen molar-refractivity contribution in [1.29, 1.82) is 0 Å². The molecule has 0 bridgehead atoms. The maximum Gasteiger partial charge on any atom is 0.175 e. The molecular weight excluding hydrogens is 258 g/mol. The van der Waals surface area contributed by atoms with E-state index in [1.807, 2.05) is 37.3 Å². The molecule has 3 nitrogen and oxygen atoms in total. The van der Waals surface area contributed by atoms with E-state index in [9.17, 15) is 8.42 Å². The first-order chi connectivity index (χ1) is 8.88. The lowest BCUT2D eigenvalue weighted by atomic mass is 10.0. The minimum atomic E-state index is -3.18. The number of hydrogen-bond donors (Lipinski definition) is 1. The molecule has 0 radical (unpaired) electrons. The number of hydrogen-bond acceptors (Lipinski definition) is 3. The van der Waals surface area contributed by atoms with Gasteiger partial charge in [0.25, 0.3) is 0 Å². The van der Waals surface area contributed by atoms with Gasteiger partial charge in [0.15, 0.2) is 9.84 Å². The Morgan fingerprint density at radius 3 is 2.16 bits per heavy atom. The number of nitrogens with two attached hydrogens (primary N) is 1. The van der Waals surface area contributed by atoms with Gasteiger partial charge in [0.2, 0.25) is 0 Å². The summed E-state index contributed by atoms with van der Waals surface area (Å²) in [6, 6.07) is 14.7. The van der Waals surface area contributed by atoms with Crippen LogP contribution in [0, 0.1) is 0 Å². The van der Waals surface area contributed by atoms with Crippen molar-refractivity contribution in [3.05, 3.63) is 54.1 Å². The highest BCUT2D eigenvalue weighted by Gasteiger charge is 2.09. The van der Waals surface area contributed by atoms with Gasteiger partial charge in [-0.15, -0.1) is 0 Å². The van der Waals surface area contributed by atoms with E-state index in [1.165, 1.54) is 6.26 Å². The quantitative estimate of drug-likeness (QED) is 0.937. The van der Waals surface area contributed by atoms with Gasteiger partial charge < -0.3 is 5.73 Å². The fourth-order valence-corrected chi connectivity index (χ4v) is 2.57. The Kier molecular flexibility index (Phi) is 3.73. The van der Waals surface area contributed by atoms with E-state index < -0.39 is 9.84 Å². The van der Waals surface area contributed by atoms with Gasteiger partial charge >= 0.3 is 0 Å². The molecule has 0 saturated carbocycles. The van der Waals surface area contributed by atoms with E-state index in [2.05, 4.69) is 0 Å². The second kappa shape index (κ2) is 5.15. The Morgan fingerprint density at radius 1 is 1.00 bits per heavy atom. The Bertz CT molecular complexity index is 691. The molecule has 2 aromatic rings. The molecule has 2 N–H and O–H groups in total. The summed E-state index contributed by atoms with van der Waals surface area (Å²) >= 11 is 0. The standard InChI is InChI=1S/C15H17NO2S/c1-11(16)12-5-3-6-13(9-12)14-7-4-8-15(10-14)19(2,17)18/h3-11H,16H2,1-2H3/t11-/m0/s1. The molecule has 0 unspecified atom stereocenters. The molecule has 0 aliphatic carbocycles. The predicted octanol–water partition coefficient (Wildman–Crippen LogP) is 2.78. The molecule has 0 fully saturated rings. The monoisotopic (exact) mass is 275 g/mol. The van der Waals surface area contributed by atoms with Crippen LogP contribution < -0.4 is 5.73 Å². The van der Waals surface area contributed by atoms with Crippen molar-refractivity contribution in [2.75, 3.05) is 6.26 Å². The average Bonchev–Trinajstić information content (AvgIpc) is 2.38. The molecule has 0 heterocycles. The van der Waals surface area contributed by atoms with Gasteiger partial charge in [-0.05, 0) is 41.8 Å². The van der Waals surface area contributed by atoms with Crippen molar-refractivity contribution in [3.8, 4) is 11.1 Å². The van der Waals surface area contributed by atoms with Gasteiger partial charge in [0.1, 0.15) is 0 Å². The molecule has 0 aliphatic heterocycles. The summed E-state index contributed by atoms with van der Waals surface area (Å²) in [6.07, 6.45) is 1.21. The van der Waals surface area contributed by atoms with Crippen molar-refractivity contribution in [3.63, 3.8) is 0 Å². The lowest BCUT2D eigenvalue weighted by molar-refractivity contribution is 0.602. The third kappa shape index (κ3) is 3.22. The second-order valence-corrected chi connectivity index (χ2v) is 6.73. The Hall–Kier alpha value is -1.65. The van der Waals surface area contributed by atoms with Crippen LogP contribution in [0.15, 0.2) is 53.4 Å². The third-order valence-electron chi connectivity index (χ3n) is 3.01. The smallest absolute Gasteiger partial charge is 0.175 e. The Morgan fingerprint density at radius 2 is 1.58 bits per heavy atom. The maximum atomic E-state index is 11.6. The van der Waals surface area contributed by atoms with Crippen molar-refractivity contribution < 1.29 is 8.42 Å². The third-order valence-corrected chi connectivity index (χ3v) is 4.12. The molecule has 0 saturated heterocycles. The lowest BCUT2D eigenvalue weighted by Gasteiger charge is -2.09. The van der Waals surface area contributed by atoms with Crippen molar-refractivity contribution in [2.24, 2.45) is 5.73 Å². The summed E-state index contributed by atoms with van der Waals surface area (Å²) in [5.74, 6) is 0. The molecule has 2 aromatic carbocycles. The minimum Gasteiger partial charge on any atom is -0.324 e. The van der Waals surface area contributed by atoms with Crippen molar-refractivity contribution >= 4 is 9.84 Å². The van der Waals surface area contributed by atoms with Crippen LogP contribution in [-0.2, 0) is 9.84 Å². The van der Waals surface area contributed by atoms with E-state index in [1.54, 1.807) is 18.2 Å². The summed E-state index contributed by atoms with van der Waals surface area (Å²) in [7, 11) is -3.18. The van der Waals surface area contributed by atoms with Gasteiger partial charge in [-0.3, -0.25) is 0 Å². The van der Waals surface area contributed by atoms with Crippen LogP contribution in [0.4, 0.5) is 0 Å². The number of rotatable bonds is 3. The molecule has 2 rings (SSSR count). The highest BCUT2D eigenvalue weighted by atomic mass is 32.2. The minimum absolute atomic E-state index is 0.0435. The summed E-state index contributed by atoms with van der Waals surface area (Å²) in [4.78, 5) is 0.330. The Labute approximate surface area is 114 Å². The largest absolute Gasteiger partial charge is 0.324 e. The molecule has 0 aliphatic rings. The summed E-state index contributed by atoms with van der Waals surface area (Å²) in [5.41, 5.74) is 8.75. The lowest BCUT2D eigenvalue weighted by Crippen LogP contribution is -2.04. The highest BCUT2D eigenvalue weighted by molar-refractivity contribution is 7.90. The van der Waals surface area contributed by atoms with Crippen LogP contribution >= 0.6 is 0 Å². The zero-order valence-corrected chi connectivity index (χ0v) is 11.8. The maximum absolute atomic E-state index is 11.6. The summed E-state index contributed by atoms with van der Waals surface area (Å²) in [6.45, 7) is 1.92. The Balaban J connectivity index is 2.51. The van der Waals surface area contributed by atoms with Crippen LogP contribution in [0.1, 0.15) is 18.5 Å². The van der Waals surface area contributed by atoms with Gasteiger partial charge in [-0.2, -0.15) is 0 Å². The predicted molar refractivity (Wildman–Crippen MR) is 77.6 cm³/mol. The van der Waals surface area contributed by atoms with Gasteiger partial charge in [-0.1, -0.05) is 30.3 Å². The second-order valence-electron chi connectivity index (χ2n) is 4.71. The molecule has 1 atom stereocenters. The van der Waals surface area contributed by atoms with Gasteiger partial charge in [0.05, 0.1) is 4.90 Å². The van der Waals surface area contributed by atoms with Crippen LogP contribution in [0.25, 0.3) is 11.1 Å². The van der Waals surface area contributed by atoms with Crippen LogP contribution in [-0.4, -0.2) is 14.7 Å². The molecule has 19 heavy (non-hydrogen) atoms. The first-order valence-electron chi connectivity index (χ1n) is 6.04. The van der Waals surface area contributed by atoms with Crippen LogP contribution in [0.2, 0.25) is 0 Å². The first-order valence-corrected chi connectivity index (χ1v) is 7.93. The van der Waals surface area contributed by atoms with Gasteiger partial charge in [-0.25, -0.2) is 8.42 Å². The SMILES string of the molecule is C[C@H](N)c1cccc(-c2cccc(S(C)(=O)=O)c2)c1. The number of sulfone groups is 1. The van der Waals surface area contributed by atoms with Gasteiger partial charge in [0, 0.05) is 12.3 Å². The zero-order valence-electron chi connectivity index (χ0n) is 11.0. The van der Waals surface area contributed by atoms with E-state index in [0.717, 1.165) is 16.7 Å². The average molecular weight is 275 g/mol. The molecule has 4 heteroatoms. The topological polar surface area (TPSA) is 60.2 Å². The van der Waals surface area contributed by atoms with E-state index in [4.69, 9.17) is 5.73 Å². The fraction of sp³-hybridized carbons (Fsp3) is 0.200.